The Labute approximate surface area is 185 Å². The van der Waals surface area contributed by atoms with Gasteiger partial charge in [-0.2, -0.15) is 0 Å². The third-order valence-corrected chi connectivity index (χ3v) is 6.97. The van der Waals surface area contributed by atoms with Crippen molar-refractivity contribution >= 4 is 23.3 Å². The van der Waals surface area contributed by atoms with Crippen molar-refractivity contribution < 1.29 is 19.1 Å². The Morgan fingerprint density at radius 2 is 1.06 bits per heavy atom. The molecule has 4 nitrogen and oxygen atoms in total. The largest absolute Gasteiger partial charge is 0.462 e. The Bertz CT molecular complexity index is 993. The average Bonchev–Trinajstić information content (AvgIpc) is 3.74. The number of esters is 2. The van der Waals surface area contributed by atoms with Gasteiger partial charge in [-0.15, -0.1) is 11.3 Å². The standard InChI is InChI=1S/C26H24O4S/c27-25(29-15-17-11-12-17)21-22(26(28)30-16-18-13-14-18)24(20-9-5-2-6-10-20)31-23(21)19-7-3-1-4-8-19/h1-10,17-18H,11-16H2. The Morgan fingerprint density at radius 3 is 1.42 bits per heavy atom. The van der Waals surface area contributed by atoms with Crippen LogP contribution in [0.2, 0.25) is 0 Å². The number of benzene rings is 2. The van der Waals surface area contributed by atoms with Gasteiger partial charge in [0.1, 0.15) is 0 Å². The summed E-state index contributed by atoms with van der Waals surface area (Å²) in [6, 6.07) is 19.4. The number of carbonyl (C=O) groups excluding carboxylic acids is 2. The zero-order valence-corrected chi connectivity index (χ0v) is 18.0. The molecular weight excluding hydrogens is 408 g/mol. The van der Waals surface area contributed by atoms with E-state index in [0.717, 1.165) is 46.6 Å². The van der Waals surface area contributed by atoms with Gasteiger partial charge >= 0.3 is 11.9 Å². The van der Waals surface area contributed by atoms with Crippen LogP contribution in [0.25, 0.3) is 20.9 Å². The van der Waals surface area contributed by atoms with Gasteiger partial charge < -0.3 is 9.47 Å². The Hall–Kier alpha value is -2.92. The van der Waals surface area contributed by atoms with Crippen LogP contribution in [0, 0.1) is 11.8 Å². The van der Waals surface area contributed by atoms with E-state index in [-0.39, 0.29) is 0 Å². The summed E-state index contributed by atoms with van der Waals surface area (Å²) < 4.78 is 11.3. The molecule has 2 saturated carbocycles. The molecule has 1 heterocycles. The van der Waals surface area contributed by atoms with Crippen LogP contribution in [-0.2, 0) is 9.47 Å². The Balaban J connectivity index is 1.62. The van der Waals surface area contributed by atoms with E-state index in [1.807, 2.05) is 60.7 Å². The molecule has 2 aromatic carbocycles. The number of hydrogen-bond acceptors (Lipinski definition) is 5. The maximum absolute atomic E-state index is 13.3. The topological polar surface area (TPSA) is 52.6 Å². The van der Waals surface area contributed by atoms with Crippen molar-refractivity contribution in [3.8, 4) is 20.9 Å². The molecule has 2 aliphatic rings. The van der Waals surface area contributed by atoms with E-state index in [1.54, 1.807) is 0 Å². The van der Waals surface area contributed by atoms with Crippen LogP contribution in [-0.4, -0.2) is 25.2 Å². The van der Waals surface area contributed by atoms with Crippen LogP contribution in [0.1, 0.15) is 46.4 Å². The summed E-state index contributed by atoms with van der Waals surface area (Å²) in [5.41, 5.74) is 2.45. The van der Waals surface area contributed by atoms with Crippen LogP contribution in [0.5, 0.6) is 0 Å². The molecule has 0 saturated heterocycles. The van der Waals surface area contributed by atoms with Crippen molar-refractivity contribution in [2.75, 3.05) is 13.2 Å². The molecule has 2 fully saturated rings. The van der Waals surface area contributed by atoms with E-state index < -0.39 is 11.9 Å². The fraction of sp³-hybridized carbons (Fsp3) is 0.308. The first kappa shape index (κ1) is 20.0. The molecule has 0 radical (unpaired) electrons. The Morgan fingerprint density at radius 1 is 0.677 bits per heavy atom. The fourth-order valence-electron chi connectivity index (χ4n) is 3.51. The number of thiophene rings is 1. The van der Waals surface area contributed by atoms with E-state index in [4.69, 9.17) is 9.47 Å². The molecule has 5 rings (SSSR count). The van der Waals surface area contributed by atoms with Crippen LogP contribution in [0.3, 0.4) is 0 Å². The van der Waals surface area contributed by atoms with E-state index in [2.05, 4.69) is 0 Å². The summed E-state index contributed by atoms with van der Waals surface area (Å²) >= 11 is 1.45. The Kier molecular flexibility index (Phi) is 5.60. The zero-order valence-electron chi connectivity index (χ0n) is 17.2. The predicted molar refractivity (Wildman–Crippen MR) is 121 cm³/mol. The molecule has 158 valence electrons. The number of ether oxygens (including phenoxy) is 2. The van der Waals surface area contributed by atoms with E-state index in [0.29, 0.717) is 36.2 Å². The lowest BCUT2D eigenvalue weighted by atomic mass is 10.0. The summed E-state index contributed by atoms with van der Waals surface area (Å²) in [5, 5.41) is 0. The highest BCUT2D eigenvalue weighted by Crippen LogP contribution is 2.43. The summed E-state index contributed by atoms with van der Waals surface area (Å²) in [5.74, 6) is 0.00774. The summed E-state index contributed by atoms with van der Waals surface area (Å²) in [7, 11) is 0. The highest BCUT2D eigenvalue weighted by Gasteiger charge is 2.33. The van der Waals surface area contributed by atoms with Gasteiger partial charge in [0, 0.05) is 0 Å². The van der Waals surface area contributed by atoms with Gasteiger partial charge in [-0.3, -0.25) is 0 Å². The minimum Gasteiger partial charge on any atom is -0.462 e. The van der Waals surface area contributed by atoms with Gasteiger partial charge in [-0.25, -0.2) is 9.59 Å². The lowest BCUT2D eigenvalue weighted by molar-refractivity contribution is 0.0441. The predicted octanol–water partition coefficient (Wildman–Crippen LogP) is 6.22. The van der Waals surface area contributed by atoms with E-state index in [1.165, 1.54) is 11.3 Å². The molecule has 0 unspecified atom stereocenters. The fourth-order valence-corrected chi connectivity index (χ4v) is 4.79. The maximum Gasteiger partial charge on any atom is 0.340 e. The molecule has 0 amide bonds. The van der Waals surface area contributed by atoms with Crippen molar-refractivity contribution in [3.05, 3.63) is 71.8 Å². The molecule has 5 heteroatoms. The SMILES string of the molecule is O=C(OCC1CC1)c1c(-c2ccccc2)sc(-c2ccccc2)c1C(=O)OCC1CC1. The second-order valence-corrected chi connectivity index (χ2v) is 9.35. The van der Waals surface area contributed by atoms with Gasteiger partial charge in [-0.05, 0) is 48.6 Å². The molecule has 0 aliphatic heterocycles. The van der Waals surface area contributed by atoms with Gasteiger partial charge in [0.15, 0.2) is 0 Å². The van der Waals surface area contributed by atoms with E-state index in [9.17, 15) is 9.59 Å². The highest BCUT2D eigenvalue weighted by molar-refractivity contribution is 7.19. The third kappa shape index (κ3) is 4.57. The lowest BCUT2D eigenvalue weighted by Crippen LogP contribution is -2.15. The minimum atomic E-state index is -0.442. The van der Waals surface area contributed by atoms with Crippen molar-refractivity contribution in [3.63, 3.8) is 0 Å². The van der Waals surface area contributed by atoms with Gasteiger partial charge in [0.25, 0.3) is 0 Å². The first-order valence-corrected chi connectivity index (χ1v) is 11.6. The van der Waals surface area contributed by atoms with Crippen molar-refractivity contribution in [1.29, 1.82) is 0 Å². The molecular formula is C26H24O4S. The van der Waals surface area contributed by atoms with Gasteiger partial charge in [0.05, 0.1) is 34.1 Å². The van der Waals surface area contributed by atoms with Crippen molar-refractivity contribution in [2.24, 2.45) is 11.8 Å². The first-order valence-electron chi connectivity index (χ1n) is 10.8. The van der Waals surface area contributed by atoms with Crippen LogP contribution in [0.4, 0.5) is 0 Å². The lowest BCUT2D eigenvalue weighted by Gasteiger charge is -2.10. The molecule has 3 aromatic rings. The first-order chi connectivity index (χ1) is 15.2. The maximum atomic E-state index is 13.3. The zero-order chi connectivity index (χ0) is 21.2. The van der Waals surface area contributed by atoms with Gasteiger partial charge in [0.2, 0.25) is 0 Å². The molecule has 0 spiro atoms. The van der Waals surface area contributed by atoms with Crippen molar-refractivity contribution in [2.45, 2.75) is 25.7 Å². The van der Waals surface area contributed by atoms with Crippen LogP contribution < -0.4 is 0 Å². The molecule has 0 bridgehead atoms. The van der Waals surface area contributed by atoms with Gasteiger partial charge in [-0.1, -0.05) is 60.7 Å². The number of rotatable bonds is 8. The monoisotopic (exact) mass is 432 g/mol. The molecule has 2 aliphatic carbocycles. The average molecular weight is 433 g/mol. The number of carbonyl (C=O) groups is 2. The smallest absolute Gasteiger partial charge is 0.340 e. The quantitative estimate of drug-likeness (QED) is 0.397. The molecule has 0 N–H and O–H groups in total. The third-order valence-electron chi connectivity index (χ3n) is 5.68. The highest BCUT2D eigenvalue weighted by atomic mass is 32.1. The van der Waals surface area contributed by atoms with Crippen LogP contribution >= 0.6 is 11.3 Å². The molecule has 0 atom stereocenters. The summed E-state index contributed by atoms with van der Waals surface area (Å²) in [4.78, 5) is 28.0. The number of hydrogen-bond donors (Lipinski definition) is 0. The second-order valence-electron chi connectivity index (χ2n) is 8.33. The normalized spacial score (nSPS) is 15.5. The van der Waals surface area contributed by atoms with E-state index >= 15 is 0 Å². The summed E-state index contributed by atoms with van der Waals surface area (Å²) in [6.07, 6.45) is 4.37. The molecule has 1 aromatic heterocycles. The van der Waals surface area contributed by atoms with Crippen molar-refractivity contribution in [1.82, 2.24) is 0 Å². The van der Waals surface area contributed by atoms with Crippen LogP contribution in [0.15, 0.2) is 60.7 Å². The second kappa shape index (κ2) is 8.67. The minimum absolute atomic E-state index is 0.330. The molecule has 31 heavy (non-hydrogen) atoms. The summed E-state index contributed by atoms with van der Waals surface area (Å²) in [6.45, 7) is 0.806.